The second-order valence-corrected chi connectivity index (χ2v) is 7.41. The van der Waals surface area contributed by atoms with E-state index in [9.17, 15) is 9.59 Å². The molecule has 1 N–H and O–H groups in total. The molecule has 0 aliphatic rings. The maximum absolute atomic E-state index is 13.1. The fourth-order valence-electron chi connectivity index (χ4n) is 3.07. The zero-order valence-corrected chi connectivity index (χ0v) is 18.2. The fraction of sp³-hybridized carbons (Fsp3) is 0.391. The van der Waals surface area contributed by atoms with E-state index in [2.05, 4.69) is 24.1 Å². The Hall–Kier alpha value is -2.37. The molecule has 156 valence electrons. The van der Waals surface area contributed by atoms with Gasteiger partial charge in [0.1, 0.15) is 0 Å². The summed E-state index contributed by atoms with van der Waals surface area (Å²) in [5.74, 6) is -0.553. The Morgan fingerprint density at radius 2 is 1.62 bits per heavy atom. The van der Waals surface area contributed by atoms with Gasteiger partial charge in [0.25, 0.3) is 5.91 Å². The minimum absolute atomic E-state index is 0.0584. The first kappa shape index (κ1) is 22.9. The first-order chi connectivity index (χ1) is 14.0. The summed E-state index contributed by atoms with van der Waals surface area (Å²) in [6.07, 6.45) is 0. The number of likely N-dealkylation sites (N-methyl/N-ethyl adjacent to an activating group) is 1. The third-order valence-corrected chi connectivity index (χ3v) is 5.18. The Labute approximate surface area is 178 Å². The molecule has 0 aliphatic heterocycles. The summed E-state index contributed by atoms with van der Waals surface area (Å²) in [5.41, 5.74) is 1.29. The van der Waals surface area contributed by atoms with Gasteiger partial charge in [0, 0.05) is 35.9 Å². The average molecular weight is 416 g/mol. The number of halogens is 1. The molecule has 0 heterocycles. The third-order valence-electron chi connectivity index (χ3n) is 4.93. The monoisotopic (exact) mass is 415 g/mol. The summed E-state index contributed by atoms with van der Waals surface area (Å²) in [5, 5.41) is 3.59. The van der Waals surface area contributed by atoms with Crippen LogP contribution in [0.3, 0.4) is 0 Å². The van der Waals surface area contributed by atoms with Gasteiger partial charge in [-0.25, -0.2) is 0 Å². The van der Waals surface area contributed by atoms with Gasteiger partial charge >= 0.3 is 0 Å². The van der Waals surface area contributed by atoms with Gasteiger partial charge in [-0.05, 0) is 49.5 Å². The molecule has 0 aliphatic carbocycles. The van der Waals surface area contributed by atoms with Crippen molar-refractivity contribution in [3.05, 3.63) is 65.2 Å². The normalized spacial score (nSPS) is 11.9. The molecule has 0 aromatic heterocycles. The minimum Gasteiger partial charge on any atom is -0.355 e. The van der Waals surface area contributed by atoms with E-state index in [1.165, 1.54) is 0 Å². The molecule has 0 bridgehead atoms. The molecule has 0 fully saturated rings. The van der Waals surface area contributed by atoms with Gasteiger partial charge in [-0.1, -0.05) is 50.6 Å². The molecular formula is C23H30ClN3O2. The van der Waals surface area contributed by atoms with Crippen molar-refractivity contribution in [3.63, 3.8) is 0 Å². The fourth-order valence-corrected chi connectivity index (χ4v) is 3.20. The second-order valence-electron chi connectivity index (χ2n) is 6.98. The molecule has 2 aromatic carbocycles. The molecule has 0 saturated heterocycles. The number of hydrogen-bond donors (Lipinski definition) is 1. The minimum atomic E-state index is -0.352. The number of amides is 2. The van der Waals surface area contributed by atoms with Crippen LogP contribution in [-0.4, -0.2) is 49.4 Å². The lowest BCUT2D eigenvalue weighted by molar-refractivity contribution is -0.124. The van der Waals surface area contributed by atoms with E-state index in [1.54, 1.807) is 41.3 Å². The van der Waals surface area contributed by atoms with Crippen LogP contribution < -0.4 is 10.2 Å². The van der Waals surface area contributed by atoms with Gasteiger partial charge in [0.05, 0.1) is 5.92 Å². The highest BCUT2D eigenvalue weighted by Gasteiger charge is 2.23. The molecule has 1 unspecified atom stereocenters. The Kier molecular flexibility index (Phi) is 9.16. The molecule has 2 amide bonds. The topological polar surface area (TPSA) is 52.7 Å². The van der Waals surface area contributed by atoms with Crippen molar-refractivity contribution in [2.45, 2.75) is 20.8 Å². The highest BCUT2D eigenvalue weighted by molar-refractivity contribution is 6.30. The van der Waals surface area contributed by atoms with Gasteiger partial charge in [-0.2, -0.15) is 0 Å². The number of nitrogens with one attached hydrogen (secondary N) is 1. The van der Waals surface area contributed by atoms with Crippen LogP contribution in [0.5, 0.6) is 0 Å². The van der Waals surface area contributed by atoms with Crippen molar-refractivity contribution in [1.82, 2.24) is 10.2 Å². The van der Waals surface area contributed by atoms with Gasteiger partial charge in [0.2, 0.25) is 5.91 Å². The van der Waals surface area contributed by atoms with Crippen LogP contribution in [-0.2, 0) is 4.79 Å². The van der Waals surface area contributed by atoms with E-state index in [1.807, 2.05) is 25.1 Å². The predicted molar refractivity (Wildman–Crippen MR) is 120 cm³/mol. The van der Waals surface area contributed by atoms with Crippen LogP contribution in [0.15, 0.2) is 54.6 Å². The number of hydrogen-bond acceptors (Lipinski definition) is 3. The maximum Gasteiger partial charge on any atom is 0.258 e. The number of carbonyl (C=O) groups is 2. The number of anilines is 1. The predicted octanol–water partition coefficient (Wildman–Crippen LogP) is 4.08. The average Bonchev–Trinajstić information content (AvgIpc) is 2.75. The number of nitrogens with zero attached hydrogens (tertiary/aromatic N) is 2. The lowest BCUT2D eigenvalue weighted by Gasteiger charge is -2.26. The highest BCUT2D eigenvalue weighted by atomic mass is 35.5. The molecule has 1 atom stereocenters. The highest BCUT2D eigenvalue weighted by Crippen LogP contribution is 2.21. The van der Waals surface area contributed by atoms with Crippen LogP contribution in [0.1, 0.15) is 31.1 Å². The molecular weight excluding hydrogens is 386 g/mol. The third kappa shape index (κ3) is 6.87. The molecule has 2 aromatic rings. The molecule has 29 heavy (non-hydrogen) atoms. The van der Waals surface area contributed by atoms with Gasteiger partial charge < -0.3 is 15.1 Å². The zero-order chi connectivity index (χ0) is 21.2. The van der Waals surface area contributed by atoms with Crippen LogP contribution in [0.4, 0.5) is 5.69 Å². The number of carbonyl (C=O) groups excluding carboxylic acids is 2. The Morgan fingerprint density at radius 1 is 1.00 bits per heavy atom. The van der Waals surface area contributed by atoms with Gasteiger partial charge in [-0.3, -0.25) is 9.59 Å². The summed E-state index contributed by atoms with van der Waals surface area (Å²) in [7, 11) is 0. The second kappa shape index (κ2) is 11.6. The SMILES string of the molecule is CCN(CC)CCNC(=O)C(C)CN(C(=O)c1ccccc1)c1ccc(Cl)cc1. The van der Waals surface area contributed by atoms with Crippen molar-refractivity contribution in [3.8, 4) is 0 Å². The largest absolute Gasteiger partial charge is 0.355 e. The molecule has 2 rings (SSSR count). The van der Waals surface area contributed by atoms with Crippen molar-refractivity contribution < 1.29 is 9.59 Å². The van der Waals surface area contributed by atoms with E-state index in [4.69, 9.17) is 11.6 Å². The number of benzene rings is 2. The Balaban J connectivity index is 2.09. The Morgan fingerprint density at radius 3 is 2.21 bits per heavy atom. The summed E-state index contributed by atoms with van der Waals surface area (Å²) in [4.78, 5) is 29.6. The van der Waals surface area contributed by atoms with E-state index in [0.29, 0.717) is 22.8 Å². The molecule has 0 radical (unpaired) electrons. The summed E-state index contributed by atoms with van der Waals surface area (Å²) >= 11 is 6.00. The first-order valence-corrected chi connectivity index (χ1v) is 10.5. The van der Waals surface area contributed by atoms with Crippen molar-refractivity contribution in [2.75, 3.05) is 37.6 Å². The van der Waals surface area contributed by atoms with Crippen LogP contribution in [0.2, 0.25) is 5.02 Å². The van der Waals surface area contributed by atoms with Crippen LogP contribution in [0.25, 0.3) is 0 Å². The lowest BCUT2D eigenvalue weighted by atomic mass is 10.1. The van der Waals surface area contributed by atoms with Gasteiger partial charge in [0.15, 0.2) is 0 Å². The van der Waals surface area contributed by atoms with Crippen molar-refractivity contribution in [1.29, 1.82) is 0 Å². The van der Waals surface area contributed by atoms with Crippen molar-refractivity contribution in [2.24, 2.45) is 5.92 Å². The molecule has 5 nitrogen and oxygen atoms in total. The smallest absolute Gasteiger partial charge is 0.258 e. The summed E-state index contributed by atoms with van der Waals surface area (Å²) in [6.45, 7) is 9.66. The number of rotatable bonds is 10. The summed E-state index contributed by atoms with van der Waals surface area (Å²) in [6, 6.07) is 16.2. The summed E-state index contributed by atoms with van der Waals surface area (Å²) < 4.78 is 0. The molecule has 0 spiro atoms. The standard InChI is InChI=1S/C23H30ClN3O2/c1-4-26(5-2)16-15-25-22(28)18(3)17-27(21-13-11-20(24)12-14-21)23(29)19-9-7-6-8-10-19/h6-14,18H,4-5,15-17H2,1-3H3,(H,25,28). The lowest BCUT2D eigenvalue weighted by Crippen LogP contribution is -2.42. The van der Waals surface area contributed by atoms with E-state index in [-0.39, 0.29) is 24.3 Å². The van der Waals surface area contributed by atoms with E-state index < -0.39 is 0 Å². The molecule has 0 saturated carbocycles. The van der Waals surface area contributed by atoms with Crippen molar-refractivity contribution >= 4 is 29.1 Å². The van der Waals surface area contributed by atoms with Gasteiger partial charge in [-0.15, -0.1) is 0 Å². The quantitative estimate of drug-likeness (QED) is 0.636. The Bertz CT molecular complexity index is 776. The maximum atomic E-state index is 13.1. The molecule has 6 heteroatoms. The zero-order valence-electron chi connectivity index (χ0n) is 17.4. The van der Waals surface area contributed by atoms with Crippen LogP contribution >= 0.6 is 11.6 Å². The van der Waals surface area contributed by atoms with E-state index in [0.717, 1.165) is 19.6 Å². The van der Waals surface area contributed by atoms with Crippen LogP contribution in [0, 0.1) is 5.92 Å². The van der Waals surface area contributed by atoms with E-state index >= 15 is 0 Å². The first-order valence-electron chi connectivity index (χ1n) is 10.1.